The molecule has 0 saturated heterocycles. The number of aliphatic hydroxyl groups is 1. The average molecular weight is 280 g/mol. The number of rotatable bonds is 5. The largest absolute Gasteiger partial charge is 0.396 e. The maximum atomic E-state index is 9.26. The zero-order valence-electron chi connectivity index (χ0n) is 11.9. The number of aromatic nitrogens is 1. The van der Waals surface area contributed by atoms with E-state index in [4.69, 9.17) is 0 Å². The summed E-state index contributed by atoms with van der Waals surface area (Å²) in [6, 6.07) is 16.7. The summed E-state index contributed by atoms with van der Waals surface area (Å²) in [5.74, 6) is 0.266. The van der Waals surface area contributed by atoms with Crippen LogP contribution < -0.4 is 5.32 Å². The molecule has 1 unspecified atom stereocenters. The number of benzene rings is 1. The number of nitrogens with one attached hydrogen (secondary N) is 1. The Labute approximate surface area is 125 Å². The van der Waals surface area contributed by atoms with Crippen LogP contribution in [0.2, 0.25) is 0 Å². The Morgan fingerprint density at radius 1 is 1.10 bits per heavy atom. The molecule has 3 atom stereocenters. The van der Waals surface area contributed by atoms with E-state index in [1.807, 2.05) is 42.6 Å². The molecule has 0 fully saturated rings. The average Bonchev–Trinajstić information content (AvgIpc) is 3.02. The van der Waals surface area contributed by atoms with Crippen LogP contribution in [0.15, 0.2) is 66.9 Å². The van der Waals surface area contributed by atoms with Gasteiger partial charge < -0.3 is 5.11 Å². The second-order valence-electron chi connectivity index (χ2n) is 5.43. The molecule has 0 saturated carbocycles. The Bertz CT molecular complexity index is 543. The zero-order chi connectivity index (χ0) is 14.5. The minimum absolute atomic E-state index is 0.0690. The van der Waals surface area contributed by atoms with Crippen LogP contribution in [0.25, 0.3) is 0 Å². The van der Waals surface area contributed by atoms with E-state index in [1.54, 1.807) is 0 Å². The lowest BCUT2D eigenvalue weighted by Crippen LogP contribution is -2.32. The van der Waals surface area contributed by atoms with Gasteiger partial charge >= 0.3 is 0 Å². The van der Waals surface area contributed by atoms with Gasteiger partial charge in [0.2, 0.25) is 0 Å². The van der Waals surface area contributed by atoms with Gasteiger partial charge in [-0.15, -0.1) is 0 Å². The topological polar surface area (TPSA) is 45.1 Å². The molecule has 2 N–H and O–H groups in total. The van der Waals surface area contributed by atoms with Gasteiger partial charge in [0, 0.05) is 24.8 Å². The highest BCUT2D eigenvalue weighted by atomic mass is 16.3. The second kappa shape index (κ2) is 6.66. The normalized spacial score (nSPS) is 22.3. The van der Waals surface area contributed by atoms with E-state index < -0.39 is 0 Å². The van der Waals surface area contributed by atoms with Crippen molar-refractivity contribution in [2.24, 2.45) is 5.92 Å². The van der Waals surface area contributed by atoms with Gasteiger partial charge in [0.1, 0.15) is 0 Å². The number of hydrogen-bond donors (Lipinski definition) is 2. The molecule has 0 bridgehead atoms. The van der Waals surface area contributed by atoms with Crippen LogP contribution >= 0.6 is 0 Å². The van der Waals surface area contributed by atoms with E-state index in [2.05, 4.69) is 34.6 Å². The predicted molar refractivity (Wildman–Crippen MR) is 83.8 cm³/mol. The van der Waals surface area contributed by atoms with Crippen molar-refractivity contribution in [2.75, 3.05) is 6.61 Å². The molecule has 3 heteroatoms. The van der Waals surface area contributed by atoms with E-state index in [-0.39, 0.29) is 24.6 Å². The predicted octanol–water partition coefficient (Wildman–Crippen LogP) is 2.70. The van der Waals surface area contributed by atoms with E-state index in [9.17, 15) is 5.11 Å². The molecule has 3 rings (SSSR count). The van der Waals surface area contributed by atoms with Gasteiger partial charge in [0.25, 0.3) is 0 Å². The van der Waals surface area contributed by atoms with E-state index in [0.717, 1.165) is 12.1 Å². The third-order valence-corrected chi connectivity index (χ3v) is 3.90. The van der Waals surface area contributed by atoms with Crippen LogP contribution in [0.1, 0.15) is 23.7 Å². The summed E-state index contributed by atoms with van der Waals surface area (Å²) in [4.78, 5) is 4.50. The molecule has 1 aliphatic carbocycles. The number of hydrogen-bond acceptors (Lipinski definition) is 3. The lowest BCUT2D eigenvalue weighted by Gasteiger charge is -2.23. The molecule has 1 aromatic carbocycles. The van der Waals surface area contributed by atoms with Crippen LogP contribution in [0.3, 0.4) is 0 Å². The minimum atomic E-state index is 0.0690. The number of pyridine rings is 1. The highest BCUT2D eigenvalue weighted by molar-refractivity contribution is 5.28. The van der Waals surface area contributed by atoms with Crippen LogP contribution in [-0.2, 0) is 0 Å². The van der Waals surface area contributed by atoms with Crippen molar-refractivity contribution in [2.45, 2.75) is 18.5 Å². The summed E-state index contributed by atoms with van der Waals surface area (Å²) in [6.07, 6.45) is 7.01. The van der Waals surface area contributed by atoms with Crippen molar-refractivity contribution in [3.05, 3.63) is 78.1 Å². The van der Waals surface area contributed by atoms with Gasteiger partial charge in [-0.1, -0.05) is 48.6 Å². The van der Waals surface area contributed by atoms with Crippen molar-refractivity contribution in [3.63, 3.8) is 0 Å². The monoisotopic (exact) mass is 280 g/mol. The van der Waals surface area contributed by atoms with E-state index >= 15 is 0 Å². The molecule has 2 aromatic rings. The first-order valence-electron chi connectivity index (χ1n) is 7.38. The zero-order valence-corrected chi connectivity index (χ0v) is 11.9. The van der Waals surface area contributed by atoms with Crippen molar-refractivity contribution in [1.29, 1.82) is 0 Å². The Morgan fingerprint density at radius 3 is 2.57 bits per heavy atom. The summed E-state index contributed by atoms with van der Waals surface area (Å²) in [7, 11) is 0. The molecule has 3 nitrogen and oxygen atoms in total. The third-order valence-electron chi connectivity index (χ3n) is 3.90. The van der Waals surface area contributed by atoms with Gasteiger partial charge in [-0.2, -0.15) is 0 Å². The van der Waals surface area contributed by atoms with Crippen LogP contribution in [0, 0.1) is 5.92 Å². The fourth-order valence-electron chi connectivity index (χ4n) is 2.79. The number of nitrogens with zero attached hydrogens (tertiary/aromatic N) is 1. The quantitative estimate of drug-likeness (QED) is 0.828. The SMILES string of the molecule is OC[C@H]1C=C[C@@H](NC(c2ccccc2)c2ccccn2)C1. The van der Waals surface area contributed by atoms with Gasteiger partial charge in [-0.25, -0.2) is 0 Å². The van der Waals surface area contributed by atoms with E-state index in [0.29, 0.717) is 0 Å². The standard InChI is InChI=1S/C18H20N2O/c21-13-14-9-10-16(12-14)20-18(15-6-2-1-3-7-15)17-8-4-5-11-19-17/h1-11,14,16,18,20-21H,12-13H2/t14-,16+,18?/m0/s1. The number of aliphatic hydroxyl groups excluding tert-OH is 1. The lowest BCUT2D eigenvalue weighted by atomic mass is 10.0. The third kappa shape index (κ3) is 3.38. The molecule has 0 amide bonds. The van der Waals surface area contributed by atoms with Crippen LogP contribution in [-0.4, -0.2) is 22.7 Å². The summed E-state index contributed by atoms with van der Waals surface area (Å²) in [5, 5.41) is 12.9. The molecule has 0 radical (unpaired) electrons. The fourth-order valence-corrected chi connectivity index (χ4v) is 2.79. The summed E-state index contributed by atoms with van der Waals surface area (Å²) >= 11 is 0. The van der Waals surface area contributed by atoms with Crippen LogP contribution in [0.4, 0.5) is 0 Å². The van der Waals surface area contributed by atoms with Gasteiger partial charge in [0.05, 0.1) is 11.7 Å². The molecular formula is C18H20N2O. The molecule has 21 heavy (non-hydrogen) atoms. The Hall–Kier alpha value is -1.97. The van der Waals surface area contributed by atoms with E-state index in [1.165, 1.54) is 5.56 Å². The summed E-state index contributed by atoms with van der Waals surface area (Å²) < 4.78 is 0. The minimum Gasteiger partial charge on any atom is -0.396 e. The first-order valence-corrected chi connectivity index (χ1v) is 7.38. The molecular weight excluding hydrogens is 260 g/mol. The van der Waals surface area contributed by atoms with Gasteiger partial charge in [-0.05, 0) is 24.1 Å². The Kier molecular flexibility index (Phi) is 4.43. The smallest absolute Gasteiger partial charge is 0.0755 e. The van der Waals surface area contributed by atoms with Crippen LogP contribution in [0.5, 0.6) is 0 Å². The molecule has 0 aliphatic heterocycles. The van der Waals surface area contributed by atoms with Gasteiger partial charge in [0.15, 0.2) is 0 Å². The summed E-state index contributed by atoms with van der Waals surface area (Å²) in [5.41, 5.74) is 2.22. The first kappa shape index (κ1) is 14.0. The van der Waals surface area contributed by atoms with Crippen molar-refractivity contribution < 1.29 is 5.11 Å². The Balaban J connectivity index is 1.82. The molecule has 108 valence electrons. The van der Waals surface area contributed by atoms with Gasteiger partial charge in [-0.3, -0.25) is 10.3 Å². The Morgan fingerprint density at radius 2 is 1.90 bits per heavy atom. The van der Waals surface area contributed by atoms with Crippen molar-refractivity contribution in [1.82, 2.24) is 10.3 Å². The highest BCUT2D eigenvalue weighted by Gasteiger charge is 2.23. The highest BCUT2D eigenvalue weighted by Crippen LogP contribution is 2.25. The maximum Gasteiger partial charge on any atom is 0.0755 e. The van der Waals surface area contributed by atoms with Crippen molar-refractivity contribution >= 4 is 0 Å². The fraction of sp³-hybridized carbons (Fsp3) is 0.278. The van der Waals surface area contributed by atoms with Crippen molar-refractivity contribution in [3.8, 4) is 0 Å². The molecule has 1 heterocycles. The molecule has 1 aromatic heterocycles. The summed E-state index contributed by atoms with van der Waals surface area (Å²) in [6.45, 7) is 0.217. The molecule has 1 aliphatic rings. The maximum absolute atomic E-state index is 9.26. The lowest BCUT2D eigenvalue weighted by molar-refractivity contribution is 0.245. The first-order chi connectivity index (χ1) is 10.4. The second-order valence-corrected chi connectivity index (χ2v) is 5.43. The molecule has 0 spiro atoms.